The van der Waals surface area contributed by atoms with Gasteiger partial charge in [-0.1, -0.05) is 18.2 Å². The van der Waals surface area contributed by atoms with Crippen molar-refractivity contribution in [1.29, 1.82) is 0 Å². The van der Waals surface area contributed by atoms with Gasteiger partial charge >= 0.3 is 5.97 Å². The predicted octanol–water partition coefficient (Wildman–Crippen LogP) is 2.51. The Morgan fingerprint density at radius 2 is 2.19 bits per heavy atom. The Bertz CT molecular complexity index is 503. The lowest BCUT2D eigenvalue weighted by atomic mass is 9.97. The number of likely N-dealkylation sites (N-methyl/N-ethyl adjacent to an activating group) is 1. The number of aryl methyl sites for hydroxylation is 1. The number of esters is 1. The zero-order chi connectivity index (χ0) is 15.5. The number of hydrogen-bond acceptors (Lipinski definition) is 4. The molecule has 1 fully saturated rings. The number of carbonyl (C=O) groups is 1. The highest BCUT2D eigenvalue weighted by molar-refractivity contribution is 5.81. The fraction of sp³-hybridized carbons (Fsp3) is 0.588. The Labute approximate surface area is 127 Å². The lowest BCUT2D eigenvalue weighted by Crippen LogP contribution is -2.50. The van der Waals surface area contributed by atoms with Gasteiger partial charge in [0.15, 0.2) is 0 Å². The highest BCUT2D eigenvalue weighted by Gasteiger charge is 2.46. The standard InChI is InChI=1S/C17H26N2O2/c1-5-19(15-9-7-6-8-13(15)2)14-10-11-17(12-14,18-3)16(20)21-4/h6-9,14,18H,5,10-12H2,1-4H3. The van der Waals surface area contributed by atoms with Gasteiger partial charge in [0.25, 0.3) is 0 Å². The second-order valence-corrected chi connectivity index (χ2v) is 5.79. The number of benzene rings is 1. The first-order valence-electron chi connectivity index (χ1n) is 7.67. The van der Waals surface area contributed by atoms with E-state index in [0.717, 1.165) is 25.8 Å². The summed E-state index contributed by atoms with van der Waals surface area (Å²) in [5.41, 5.74) is 2.01. The first-order chi connectivity index (χ1) is 10.1. The van der Waals surface area contributed by atoms with Crippen LogP contribution in [-0.4, -0.2) is 38.3 Å². The molecule has 4 nitrogen and oxygen atoms in total. The smallest absolute Gasteiger partial charge is 0.326 e. The number of methoxy groups -OCH3 is 1. The highest BCUT2D eigenvalue weighted by atomic mass is 16.5. The maximum absolute atomic E-state index is 12.1. The van der Waals surface area contributed by atoms with Crippen LogP contribution in [0.3, 0.4) is 0 Å². The lowest BCUT2D eigenvalue weighted by molar-refractivity contribution is -0.148. The molecule has 2 rings (SSSR count). The molecule has 0 amide bonds. The quantitative estimate of drug-likeness (QED) is 0.846. The maximum atomic E-state index is 12.1. The Morgan fingerprint density at radius 1 is 1.48 bits per heavy atom. The van der Waals surface area contributed by atoms with E-state index < -0.39 is 5.54 Å². The summed E-state index contributed by atoms with van der Waals surface area (Å²) in [4.78, 5) is 14.5. The van der Waals surface area contributed by atoms with E-state index in [9.17, 15) is 4.79 Å². The van der Waals surface area contributed by atoms with E-state index in [2.05, 4.69) is 48.3 Å². The molecule has 116 valence electrons. The van der Waals surface area contributed by atoms with E-state index in [1.807, 2.05) is 7.05 Å². The first kappa shape index (κ1) is 15.8. The van der Waals surface area contributed by atoms with Crippen LogP contribution in [0.25, 0.3) is 0 Å². The van der Waals surface area contributed by atoms with Crippen molar-refractivity contribution in [3.8, 4) is 0 Å². The van der Waals surface area contributed by atoms with E-state index in [4.69, 9.17) is 4.74 Å². The van der Waals surface area contributed by atoms with Gasteiger partial charge in [-0.05, 0) is 51.8 Å². The second kappa shape index (κ2) is 6.48. The fourth-order valence-corrected chi connectivity index (χ4v) is 3.51. The molecular weight excluding hydrogens is 264 g/mol. The lowest BCUT2D eigenvalue weighted by Gasteiger charge is -2.33. The number of nitrogens with one attached hydrogen (secondary N) is 1. The molecule has 1 N–H and O–H groups in total. The van der Waals surface area contributed by atoms with Crippen LogP contribution in [0.1, 0.15) is 31.7 Å². The highest BCUT2D eigenvalue weighted by Crippen LogP contribution is 2.36. The molecule has 4 heteroatoms. The summed E-state index contributed by atoms with van der Waals surface area (Å²) in [7, 11) is 3.32. The molecule has 21 heavy (non-hydrogen) atoms. The van der Waals surface area contributed by atoms with Gasteiger partial charge in [0.1, 0.15) is 5.54 Å². The molecule has 0 radical (unpaired) electrons. The molecule has 1 aliphatic carbocycles. The van der Waals surface area contributed by atoms with Gasteiger partial charge in [0, 0.05) is 18.3 Å². The summed E-state index contributed by atoms with van der Waals surface area (Å²) in [5.74, 6) is -0.145. The van der Waals surface area contributed by atoms with Gasteiger partial charge in [0.05, 0.1) is 7.11 Å². The second-order valence-electron chi connectivity index (χ2n) is 5.79. The molecule has 0 heterocycles. The molecule has 0 bridgehead atoms. The number of hydrogen-bond donors (Lipinski definition) is 1. The minimum atomic E-state index is -0.532. The predicted molar refractivity (Wildman–Crippen MR) is 85.6 cm³/mol. The van der Waals surface area contributed by atoms with Crippen LogP contribution in [-0.2, 0) is 9.53 Å². The minimum absolute atomic E-state index is 0.145. The number of nitrogens with zero attached hydrogens (tertiary/aromatic N) is 1. The van der Waals surface area contributed by atoms with Gasteiger partial charge in [-0.2, -0.15) is 0 Å². The summed E-state index contributed by atoms with van der Waals surface area (Å²) in [6.07, 6.45) is 2.61. The molecule has 1 saturated carbocycles. The number of carbonyl (C=O) groups excluding carboxylic acids is 1. The maximum Gasteiger partial charge on any atom is 0.326 e. The summed E-state index contributed by atoms with van der Waals surface area (Å²) in [6, 6.07) is 8.80. The molecule has 2 atom stereocenters. The topological polar surface area (TPSA) is 41.6 Å². The van der Waals surface area contributed by atoms with Crippen molar-refractivity contribution >= 4 is 11.7 Å². The Kier molecular flexibility index (Phi) is 4.88. The molecule has 0 aliphatic heterocycles. The molecular formula is C17H26N2O2. The van der Waals surface area contributed by atoms with Crippen LogP contribution in [0.5, 0.6) is 0 Å². The van der Waals surface area contributed by atoms with Crippen LogP contribution >= 0.6 is 0 Å². The number of anilines is 1. The van der Waals surface area contributed by atoms with Crippen molar-refractivity contribution in [3.63, 3.8) is 0 Å². The molecule has 2 unspecified atom stereocenters. The number of para-hydroxylation sites is 1. The van der Waals surface area contributed by atoms with Crippen molar-refractivity contribution in [3.05, 3.63) is 29.8 Å². The monoisotopic (exact) mass is 290 g/mol. The summed E-state index contributed by atoms with van der Waals surface area (Å²) < 4.78 is 5.00. The van der Waals surface area contributed by atoms with Crippen molar-refractivity contribution in [2.45, 2.75) is 44.7 Å². The third-order valence-corrected chi connectivity index (χ3v) is 4.75. The molecule has 1 aromatic carbocycles. The van der Waals surface area contributed by atoms with Crippen LogP contribution in [0.4, 0.5) is 5.69 Å². The molecule has 1 aromatic rings. The van der Waals surface area contributed by atoms with Crippen molar-refractivity contribution in [1.82, 2.24) is 5.32 Å². The van der Waals surface area contributed by atoms with Gasteiger partial charge in [-0.25, -0.2) is 0 Å². The molecule has 0 spiro atoms. The van der Waals surface area contributed by atoms with Gasteiger partial charge in [-0.3, -0.25) is 4.79 Å². The molecule has 0 aromatic heterocycles. The van der Waals surface area contributed by atoms with E-state index in [0.29, 0.717) is 6.04 Å². The van der Waals surface area contributed by atoms with Crippen LogP contribution in [0.2, 0.25) is 0 Å². The molecule has 1 aliphatic rings. The normalized spacial score (nSPS) is 24.9. The largest absolute Gasteiger partial charge is 0.468 e. The Morgan fingerprint density at radius 3 is 2.76 bits per heavy atom. The van der Waals surface area contributed by atoms with Crippen LogP contribution < -0.4 is 10.2 Å². The summed E-state index contributed by atoms with van der Waals surface area (Å²) >= 11 is 0. The van der Waals surface area contributed by atoms with Crippen LogP contribution in [0.15, 0.2) is 24.3 Å². The minimum Gasteiger partial charge on any atom is -0.468 e. The first-order valence-corrected chi connectivity index (χ1v) is 7.67. The zero-order valence-corrected chi connectivity index (χ0v) is 13.5. The van der Waals surface area contributed by atoms with E-state index in [-0.39, 0.29) is 5.97 Å². The van der Waals surface area contributed by atoms with Crippen molar-refractivity contribution in [2.75, 3.05) is 25.6 Å². The van der Waals surface area contributed by atoms with Crippen LogP contribution in [0, 0.1) is 6.92 Å². The van der Waals surface area contributed by atoms with E-state index >= 15 is 0 Å². The van der Waals surface area contributed by atoms with Crippen molar-refractivity contribution < 1.29 is 9.53 Å². The summed E-state index contributed by atoms with van der Waals surface area (Å²) in [6.45, 7) is 5.25. The van der Waals surface area contributed by atoms with E-state index in [1.54, 1.807) is 0 Å². The third-order valence-electron chi connectivity index (χ3n) is 4.75. The third kappa shape index (κ3) is 2.91. The average Bonchev–Trinajstić information content (AvgIpc) is 2.95. The Balaban J connectivity index is 2.22. The Hall–Kier alpha value is -1.55. The number of rotatable bonds is 5. The molecule has 0 saturated heterocycles. The van der Waals surface area contributed by atoms with E-state index in [1.165, 1.54) is 18.4 Å². The van der Waals surface area contributed by atoms with Gasteiger partial charge in [-0.15, -0.1) is 0 Å². The van der Waals surface area contributed by atoms with Crippen molar-refractivity contribution in [2.24, 2.45) is 0 Å². The SMILES string of the molecule is CCN(c1ccccc1C)C1CCC(NC)(C(=O)OC)C1. The number of ether oxygens (including phenoxy) is 1. The van der Waals surface area contributed by atoms with Gasteiger partial charge < -0.3 is 15.0 Å². The zero-order valence-electron chi connectivity index (χ0n) is 13.5. The summed E-state index contributed by atoms with van der Waals surface area (Å²) in [5, 5.41) is 3.20. The van der Waals surface area contributed by atoms with Gasteiger partial charge in [0.2, 0.25) is 0 Å². The fourth-order valence-electron chi connectivity index (χ4n) is 3.51. The average molecular weight is 290 g/mol.